The first-order chi connectivity index (χ1) is 12.4. The van der Waals surface area contributed by atoms with Crippen LogP contribution in [0.3, 0.4) is 0 Å². The molecule has 3 rings (SSSR count). The van der Waals surface area contributed by atoms with Gasteiger partial charge in [-0.2, -0.15) is 0 Å². The van der Waals surface area contributed by atoms with Crippen molar-refractivity contribution in [1.29, 1.82) is 0 Å². The van der Waals surface area contributed by atoms with E-state index in [2.05, 4.69) is 5.32 Å². The molecule has 1 aliphatic rings. The minimum absolute atomic E-state index is 0.297. The van der Waals surface area contributed by atoms with E-state index in [1.165, 1.54) is 7.11 Å². The quantitative estimate of drug-likeness (QED) is 0.663. The Balaban J connectivity index is 1.91. The number of hydrogen-bond acceptors (Lipinski definition) is 4. The Bertz CT molecular complexity index is 879. The number of urea groups is 1. The molecule has 1 heterocycles. The van der Waals surface area contributed by atoms with Gasteiger partial charge in [0.05, 0.1) is 13.7 Å². The lowest BCUT2D eigenvalue weighted by molar-refractivity contribution is -0.130. The predicted molar refractivity (Wildman–Crippen MR) is 96.1 cm³/mol. The first-order valence-electron chi connectivity index (χ1n) is 8.24. The number of nitrogens with zero attached hydrogens (tertiary/aromatic N) is 1. The van der Waals surface area contributed by atoms with E-state index in [0.717, 1.165) is 10.5 Å². The molecule has 1 unspecified atom stereocenters. The first-order valence-corrected chi connectivity index (χ1v) is 8.24. The van der Waals surface area contributed by atoms with Crippen LogP contribution in [-0.4, -0.2) is 36.3 Å². The van der Waals surface area contributed by atoms with E-state index in [9.17, 15) is 14.4 Å². The monoisotopic (exact) mass is 352 g/mol. The van der Waals surface area contributed by atoms with Crippen molar-refractivity contribution in [2.75, 3.05) is 13.7 Å². The van der Waals surface area contributed by atoms with Crippen molar-refractivity contribution in [2.45, 2.75) is 19.4 Å². The fourth-order valence-electron chi connectivity index (χ4n) is 3.09. The molecule has 0 spiro atoms. The van der Waals surface area contributed by atoms with Crippen molar-refractivity contribution >= 4 is 17.7 Å². The molecule has 1 N–H and O–H groups in total. The molecule has 6 nitrogen and oxygen atoms in total. The van der Waals surface area contributed by atoms with E-state index in [-0.39, 0.29) is 12.3 Å². The molecule has 6 heteroatoms. The zero-order valence-corrected chi connectivity index (χ0v) is 14.9. The zero-order chi connectivity index (χ0) is 18.9. The van der Waals surface area contributed by atoms with Gasteiger partial charge in [0.25, 0.3) is 5.91 Å². The van der Waals surface area contributed by atoms with Crippen LogP contribution < -0.4 is 10.1 Å². The molecular formula is C20H20N2O4. The van der Waals surface area contributed by atoms with Gasteiger partial charge in [-0.3, -0.25) is 14.5 Å². The molecule has 0 radical (unpaired) electrons. The Morgan fingerprint density at radius 1 is 1.15 bits per heavy atom. The highest BCUT2D eigenvalue weighted by molar-refractivity contribution is 6.11. The van der Waals surface area contributed by atoms with Gasteiger partial charge in [-0.05, 0) is 26.0 Å². The third-order valence-corrected chi connectivity index (χ3v) is 4.57. The topological polar surface area (TPSA) is 75.7 Å². The van der Waals surface area contributed by atoms with Gasteiger partial charge < -0.3 is 10.1 Å². The summed E-state index contributed by atoms with van der Waals surface area (Å²) < 4.78 is 5.36. The van der Waals surface area contributed by atoms with Gasteiger partial charge >= 0.3 is 6.03 Å². The number of Topliss-reactive ketones (excluding diaryl/α,β-unsaturated/α-hetero) is 1. The summed E-state index contributed by atoms with van der Waals surface area (Å²) in [4.78, 5) is 38.8. The van der Waals surface area contributed by atoms with Crippen molar-refractivity contribution < 1.29 is 19.1 Å². The highest BCUT2D eigenvalue weighted by Gasteiger charge is 2.50. The molecule has 0 aliphatic carbocycles. The first kappa shape index (κ1) is 17.7. The average Bonchev–Trinajstić information content (AvgIpc) is 2.86. The van der Waals surface area contributed by atoms with Gasteiger partial charge in [-0.1, -0.05) is 42.0 Å². The predicted octanol–water partition coefficient (Wildman–Crippen LogP) is 2.65. The Hall–Kier alpha value is -3.15. The van der Waals surface area contributed by atoms with Crippen molar-refractivity contribution in [3.05, 3.63) is 65.2 Å². The summed E-state index contributed by atoms with van der Waals surface area (Å²) in [7, 11) is 1.51. The van der Waals surface area contributed by atoms with Gasteiger partial charge in [0.1, 0.15) is 11.3 Å². The second-order valence-corrected chi connectivity index (χ2v) is 6.44. The normalized spacial score (nSPS) is 19.4. The van der Waals surface area contributed by atoms with Crippen LogP contribution in [0.1, 0.15) is 28.4 Å². The molecule has 0 bridgehead atoms. The molecule has 134 valence electrons. The molecule has 1 fully saturated rings. The van der Waals surface area contributed by atoms with Gasteiger partial charge in [0, 0.05) is 11.1 Å². The molecule has 0 saturated carbocycles. The van der Waals surface area contributed by atoms with E-state index in [1.54, 1.807) is 49.4 Å². The van der Waals surface area contributed by atoms with E-state index in [0.29, 0.717) is 16.9 Å². The van der Waals surface area contributed by atoms with Crippen LogP contribution in [0, 0.1) is 6.92 Å². The number of amides is 3. The van der Waals surface area contributed by atoms with Crippen LogP contribution >= 0.6 is 0 Å². The number of nitrogens with one attached hydrogen (secondary N) is 1. The molecule has 26 heavy (non-hydrogen) atoms. The lowest BCUT2D eigenvalue weighted by Crippen LogP contribution is -2.42. The van der Waals surface area contributed by atoms with E-state index in [1.807, 2.05) is 13.0 Å². The lowest BCUT2D eigenvalue weighted by Gasteiger charge is -2.24. The number of imide groups is 1. The van der Waals surface area contributed by atoms with Crippen molar-refractivity contribution in [2.24, 2.45) is 0 Å². The number of rotatable bonds is 5. The Kier molecular flexibility index (Phi) is 4.50. The van der Waals surface area contributed by atoms with Crippen LogP contribution in [0.4, 0.5) is 4.79 Å². The van der Waals surface area contributed by atoms with Gasteiger partial charge in [0.2, 0.25) is 0 Å². The third kappa shape index (κ3) is 2.94. The van der Waals surface area contributed by atoms with Gasteiger partial charge in [0.15, 0.2) is 5.78 Å². The van der Waals surface area contributed by atoms with E-state index >= 15 is 0 Å². The maximum Gasteiger partial charge on any atom is 0.325 e. The Labute approximate surface area is 151 Å². The Morgan fingerprint density at radius 2 is 1.85 bits per heavy atom. The summed E-state index contributed by atoms with van der Waals surface area (Å²) in [6, 6.07) is 13.4. The Morgan fingerprint density at radius 3 is 2.50 bits per heavy atom. The average molecular weight is 352 g/mol. The minimum atomic E-state index is -1.29. The number of benzene rings is 2. The number of ether oxygens (including phenoxy) is 1. The maximum atomic E-state index is 13.0. The fraction of sp³-hybridized carbons (Fsp3) is 0.250. The SMILES string of the molecule is COc1ccc(C)cc1C1(C)NC(=O)N(CC(=O)c2ccccc2)C1=O. The van der Waals surface area contributed by atoms with E-state index in [4.69, 9.17) is 4.74 Å². The van der Waals surface area contributed by atoms with Crippen LogP contribution in [0.5, 0.6) is 5.75 Å². The lowest BCUT2D eigenvalue weighted by atomic mass is 9.90. The molecule has 0 aromatic heterocycles. The highest BCUT2D eigenvalue weighted by Crippen LogP contribution is 2.35. The van der Waals surface area contributed by atoms with Crippen LogP contribution in [0.2, 0.25) is 0 Å². The van der Waals surface area contributed by atoms with Gasteiger partial charge in [-0.15, -0.1) is 0 Å². The molecule has 1 saturated heterocycles. The fourth-order valence-corrected chi connectivity index (χ4v) is 3.09. The van der Waals surface area contributed by atoms with Crippen LogP contribution in [-0.2, 0) is 10.3 Å². The summed E-state index contributed by atoms with van der Waals surface area (Å²) in [5, 5.41) is 2.71. The maximum absolute atomic E-state index is 13.0. The number of aryl methyl sites for hydroxylation is 1. The molecule has 2 aromatic carbocycles. The zero-order valence-electron chi connectivity index (χ0n) is 14.9. The van der Waals surface area contributed by atoms with Crippen LogP contribution in [0.15, 0.2) is 48.5 Å². The summed E-state index contributed by atoms with van der Waals surface area (Å²) in [5.41, 5.74) is 0.663. The second kappa shape index (κ2) is 6.63. The highest BCUT2D eigenvalue weighted by atomic mass is 16.5. The van der Waals surface area contributed by atoms with Gasteiger partial charge in [-0.25, -0.2) is 4.79 Å². The molecule has 2 aromatic rings. The van der Waals surface area contributed by atoms with Crippen molar-refractivity contribution in [1.82, 2.24) is 10.2 Å². The standard InChI is InChI=1S/C20H20N2O4/c1-13-9-10-17(26-3)15(11-13)20(2)18(24)22(19(25)21-20)12-16(23)14-7-5-4-6-8-14/h4-11H,12H2,1-3H3,(H,21,25). The number of carbonyl (C=O) groups is 3. The van der Waals surface area contributed by atoms with Crippen molar-refractivity contribution in [3.63, 3.8) is 0 Å². The number of methoxy groups -OCH3 is 1. The molecular weight excluding hydrogens is 332 g/mol. The molecule has 3 amide bonds. The summed E-state index contributed by atoms with van der Waals surface area (Å²) in [5.74, 6) is -0.270. The largest absolute Gasteiger partial charge is 0.496 e. The third-order valence-electron chi connectivity index (χ3n) is 4.57. The summed E-state index contributed by atoms with van der Waals surface area (Å²) in [6.07, 6.45) is 0. The number of carbonyl (C=O) groups excluding carboxylic acids is 3. The smallest absolute Gasteiger partial charge is 0.325 e. The minimum Gasteiger partial charge on any atom is -0.496 e. The van der Waals surface area contributed by atoms with Crippen molar-refractivity contribution in [3.8, 4) is 5.75 Å². The molecule has 1 aliphatic heterocycles. The second-order valence-electron chi connectivity index (χ2n) is 6.44. The number of hydrogen-bond donors (Lipinski definition) is 1. The van der Waals surface area contributed by atoms with E-state index < -0.39 is 17.5 Å². The van der Waals surface area contributed by atoms with Crippen LogP contribution in [0.25, 0.3) is 0 Å². The number of ketones is 1. The molecule has 1 atom stereocenters. The summed E-state index contributed by atoms with van der Waals surface area (Å²) >= 11 is 0. The summed E-state index contributed by atoms with van der Waals surface area (Å²) in [6.45, 7) is 3.21.